The summed E-state index contributed by atoms with van der Waals surface area (Å²) in [5.41, 5.74) is 0.431. The molecule has 0 aliphatic rings. The molecule has 5 nitrogen and oxygen atoms in total. The maximum absolute atomic E-state index is 13.2. The minimum absolute atomic E-state index is 0.266. The second-order valence-electron chi connectivity index (χ2n) is 6.28. The van der Waals surface area contributed by atoms with Crippen LogP contribution in [0.15, 0.2) is 39.7 Å². The van der Waals surface area contributed by atoms with E-state index in [2.05, 4.69) is 15.6 Å². The third-order valence-electron chi connectivity index (χ3n) is 3.87. The lowest BCUT2D eigenvalue weighted by atomic mass is 9.96. The Bertz CT molecular complexity index is 738. The van der Waals surface area contributed by atoms with Gasteiger partial charge < -0.3 is 20.2 Å². The van der Waals surface area contributed by atoms with Gasteiger partial charge in [0, 0.05) is 12.1 Å². The van der Waals surface area contributed by atoms with Gasteiger partial charge in [0.25, 0.3) is 0 Å². The first kappa shape index (κ1) is 19.0. The monoisotopic (exact) mass is 347 g/mol. The van der Waals surface area contributed by atoms with Gasteiger partial charge in [-0.2, -0.15) is 0 Å². The van der Waals surface area contributed by atoms with E-state index in [9.17, 15) is 9.50 Å². The van der Waals surface area contributed by atoms with Crippen LogP contribution in [0, 0.1) is 19.7 Å². The number of furan rings is 1. The molecule has 0 saturated heterocycles. The van der Waals surface area contributed by atoms with Crippen molar-refractivity contribution in [3.63, 3.8) is 0 Å². The molecule has 1 aromatic carbocycles. The summed E-state index contributed by atoms with van der Waals surface area (Å²) < 4.78 is 18.8. The molecule has 1 aromatic heterocycles. The molecule has 6 heteroatoms. The van der Waals surface area contributed by atoms with Crippen LogP contribution in [0.3, 0.4) is 0 Å². The summed E-state index contributed by atoms with van der Waals surface area (Å²) in [6.07, 6.45) is 0. The standard InChI is InChI=1S/C19H26FN3O2/c1-5-21-18(22-11-15-7-6-8-16(20)10-15)23-12-19(4,24)17-9-13(2)25-14(17)3/h6-10,24H,5,11-12H2,1-4H3,(H2,21,22,23). The van der Waals surface area contributed by atoms with Crippen LogP contribution in [-0.2, 0) is 12.1 Å². The SMILES string of the molecule is CCNC(=NCc1cccc(F)c1)NCC(C)(O)c1cc(C)oc1C. The lowest BCUT2D eigenvalue weighted by Gasteiger charge is -2.24. The maximum Gasteiger partial charge on any atom is 0.191 e. The summed E-state index contributed by atoms with van der Waals surface area (Å²) in [6, 6.07) is 8.19. The molecule has 0 fully saturated rings. The highest BCUT2D eigenvalue weighted by atomic mass is 19.1. The first-order chi connectivity index (χ1) is 11.8. The van der Waals surface area contributed by atoms with Gasteiger partial charge in [0.05, 0.1) is 13.1 Å². The highest BCUT2D eigenvalue weighted by molar-refractivity contribution is 5.79. The fraction of sp³-hybridized carbons (Fsp3) is 0.421. The third-order valence-corrected chi connectivity index (χ3v) is 3.87. The summed E-state index contributed by atoms with van der Waals surface area (Å²) in [6.45, 7) is 8.67. The highest BCUT2D eigenvalue weighted by Gasteiger charge is 2.27. The number of benzene rings is 1. The van der Waals surface area contributed by atoms with Crippen molar-refractivity contribution in [1.29, 1.82) is 0 Å². The summed E-state index contributed by atoms with van der Waals surface area (Å²) >= 11 is 0. The Balaban J connectivity index is 2.05. The van der Waals surface area contributed by atoms with Crippen LogP contribution in [0.1, 0.15) is 36.5 Å². The average molecular weight is 347 g/mol. The molecule has 1 unspecified atom stereocenters. The van der Waals surface area contributed by atoms with Crippen LogP contribution < -0.4 is 10.6 Å². The number of halogens is 1. The molecule has 0 bridgehead atoms. The zero-order valence-corrected chi connectivity index (χ0v) is 15.2. The minimum atomic E-state index is -1.10. The van der Waals surface area contributed by atoms with Crippen molar-refractivity contribution < 1.29 is 13.9 Å². The van der Waals surface area contributed by atoms with Gasteiger partial charge in [-0.1, -0.05) is 12.1 Å². The van der Waals surface area contributed by atoms with Crippen LogP contribution in [0.25, 0.3) is 0 Å². The van der Waals surface area contributed by atoms with Crippen LogP contribution in [0.4, 0.5) is 4.39 Å². The molecule has 1 atom stereocenters. The Morgan fingerprint density at radius 2 is 2.04 bits per heavy atom. The van der Waals surface area contributed by atoms with E-state index in [0.29, 0.717) is 24.8 Å². The average Bonchev–Trinajstić information content (AvgIpc) is 2.89. The molecule has 0 aliphatic carbocycles. The lowest BCUT2D eigenvalue weighted by molar-refractivity contribution is 0.0601. The summed E-state index contributed by atoms with van der Waals surface area (Å²) in [4.78, 5) is 4.44. The van der Waals surface area contributed by atoms with Gasteiger partial charge >= 0.3 is 0 Å². The van der Waals surface area contributed by atoms with Gasteiger partial charge in [0.2, 0.25) is 0 Å². The fourth-order valence-electron chi connectivity index (χ4n) is 2.66. The largest absolute Gasteiger partial charge is 0.466 e. The van der Waals surface area contributed by atoms with Gasteiger partial charge in [0.15, 0.2) is 5.96 Å². The van der Waals surface area contributed by atoms with Crippen molar-refractivity contribution in [3.8, 4) is 0 Å². The number of aliphatic hydroxyl groups is 1. The van der Waals surface area contributed by atoms with E-state index < -0.39 is 5.60 Å². The zero-order valence-electron chi connectivity index (χ0n) is 15.2. The zero-order chi connectivity index (χ0) is 18.4. The van der Waals surface area contributed by atoms with Crippen molar-refractivity contribution in [1.82, 2.24) is 10.6 Å². The normalized spacial score (nSPS) is 14.2. The number of aliphatic imine (C=N–C) groups is 1. The molecular weight excluding hydrogens is 321 g/mol. The molecule has 136 valence electrons. The van der Waals surface area contributed by atoms with Crippen molar-refractivity contribution in [3.05, 3.63) is 58.8 Å². The number of guanidine groups is 1. The van der Waals surface area contributed by atoms with Crippen molar-refractivity contribution in [2.45, 2.75) is 39.8 Å². The number of rotatable bonds is 6. The second kappa shape index (κ2) is 8.16. The summed E-state index contributed by atoms with van der Waals surface area (Å²) in [5, 5.41) is 17.0. The van der Waals surface area contributed by atoms with Crippen LogP contribution in [0.2, 0.25) is 0 Å². The van der Waals surface area contributed by atoms with Crippen LogP contribution >= 0.6 is 0 Å². The van der Waals surface area contributed by atoms with E-state index in [1.165, 1.54) is 12.1 Å². The van der Waals surface area contributed by atoms with Crippen molar-refractivity contribution >= 4 is 5.96 Å². The smallest absolute Gasteiger partial charge is 0.191 e. The molecule has 0 spiro atoms. The Morgan fingerprint density at radius 3 is 2.64 bits per heavy atom. The van der Waals surface area contributed by atoms with Gasteiger partial charge in [-0.15, -0.1) is 0 Å². The Kier molecular flexibility index (Phi) is 6.20. The van der Waals surface area contributed by atoms with E-state index in [4.69, 9.17) is 4.42 Å². The summed E-state index contributed by atoms with van der Waals surface area (Å²) in [5.74, 6) is 1.75. The number of hydrogen-bond donors (Lipinski definition) is 3. The second-order valence-corrected chi connectivity index (χ2v) is 6.28. The first-order valence-corrected chi connectivity index (χ1v) is 8.38. The predicted molar refractivity (Wildman–Crippen MR) is 97.0 cm³/mol. The van der Waals surface area contributed by atoms with Crippen LogP contribution in [-0.4, -0.2) is 24.2 Å². The molecule has 1 heterocycles. The molecule has 0 radical (unpaired) electrons. The van der Waals surface area contributed by atoms with E-state index in [-0.39, 0.29) is 12.4 Å². The van der Waals surface area contributed by atoms with Gasteiger partial charge in [-0.3, -0.25) is 0 Å². The van der Waals surface area contributed by atoms with Crippen molar-refractivity contribution in [2.75, 3.05) is 13.1 Å². The van der Waals surface area contributed by atoms with E-state index >= 15 is 0 Å². The quantitative estimate of drug-likeness (QED) is 0.555. The van der Waals surface area contributed by atoms with Gasteiger partial charge in [0.1, 0.15) is 22.9 Å². The third kappa shape index (κ3) is 5.32. The predicted octanol–water partition coefficient (Wildman–Crippen LogP) is 3.00. The number of aryl methyl sites for hydroxylation is 2. The minimum Gasteiger partial charge on any atom is -0.466 e. The molecule has 0 aliphatic heterocycles. The molecule has 25 heavy (non-hydrogen) atoms. The summed E-state index contributed by atoms with van der Waals surface area (Å²) in [7, 11) is 0. The maximum atomic E-state index is 13.2. The molecule has 3 N–H and O–H groups in total. The van der Waals surface area contributed by atoms with Gasteiger partial charge in [-0.25, -0.2) is 9.38 Å². The highest BCUT2D eigenvalue weighted by Crippen LogP contribution is 2.26. The fourth-order valence-corrected chi connectivity index (χ4v) is 2.66. The topological polar surface area (TPSA) is 69.8 Å². The van der Waals surface area contributed by atoms with E-state index in [1.807, 2.05) is 32.9 Å². The lowest BCUT2D eigenvalue weighted by Crippen LogP contribution is -2.44. The molecular formula is C19H26FN3O2. The van der Waals surface area contributed by atoms with Gasteiger partial charge in [-0.05, 0) is 51.5 Å². The molecule has 0 saturated carbocycles. The number of nitrogens with one attached hydrogen (secondary N) is 2. The Hall–Kier alpha value is -2.34. The molecule has 2 rings (SSSR count). The molecule has 0 amide bonds. The Labute approximate surface area is 148 Å². The van der Waals surface area contributed by atoms with Crippen LogP contribution in [0.5, 0.6) is 0 Å². The first-order valence-electron chi connectivity index (χ1n) is 8.38. The van der Waals surface area contributed by atoms with E-state index in [0.717, 1.165) is 16.9 Å². The Morgan fingerprint density at radius 1 is 1.28 bits per heavy atom. The van der Waals surface area contributed by atoms with Crippen molar-refractivity contribution in [2.24, 2.45) is 4.99 Å². The number of hydrogen-bond acceptors (Lipinski definition) is 3. The molecule has 2 aromatic rings. The van der Waals surface area contributed by atoms with E-state index in [1.54, 1.807) is 13.0 Å². The number of nitrogens with zero attached hydrogens (tertiary/aromatic N) is 1.